The van der Waals surface area contributed by atoms with Crippen molar-refractivity contribution in [1.29, 1.82) is 0 Å². The molecule has 1 heterocycles. The monoisotopic (exact) mass is 314 g/mol. The third-order valence-electron chi connectivity index (χ3n) is 3.72. The molecule has 2 N–H and O–H groups in total. The lowest BCUT2D eigenvalue weighted by molar-refractivity contribution is -0.132. The van der Waals surface area contributed by atoms with Crippen LogP contribution in [0, 0.1) is 0 Å². The average Bonchev–Trinajstić information content (AvgIpc) is 2.88. The van der Waals surface area contributed by atoms with Crippen LogP contribution >= 0.6 is 23.2 Å². The number of hydrogen-bond acceptors (Lipinski definition) is 2. The summed E-state index contributed by atoms with van der Waals surface area (Å²) >= 11 is 12.0. The average molecular weight is 315 g/mol. The molecule has 0 aromatic heterocycles. The molecule has 5 heteroatoms. The molecule has 1 amide bonds. The Morgan fingerprint density at radius 1 is 1.45 bits per heavy atom. The molecule has 1 saturated heterocycles. The van der Waals surface area contributed by atoms with Gasteiger partial charge in [0.15, 0.2) is 0 Å². The topological polar surface area (TPSA) is 46.3 Å². The lowest BCUT2D eigenvalue weighted by atomic mass is 10.0. The van der Waals surface area contributed by atoms with Crippen LogP contribution in [0.3, 0.4) is 0 Å². The highest BCUT2D eigenvalue weighted by molar-refractivity contribution is 6.42. The van der Waals surface area contributed by atoms with Crippen molar-refractivity contribution in [2.75, 3.05) is 6.54 Å². The predicted molar refractivity (Wildman–Crippen MR) is 83.0 cm³/mol. The summed E-state index contributed by atoms with van der Waals surface area (Å²) in [7, 11) is 0. The van der Waals surface area contributed by atoms with E-state index in [9.17, 15) is 4.79 Å². The van der Waals surface area contributed by atoms with E-state index in [0.29, 0.717) is 16.5 Å². The minimum Gasteiger partial charge on any atom is -0.336 e. The van der Waals surface area contributed by atoms with Crippen LogP contribution in [0.5, 0.6) is 0 Å². The summed E-state index contributed by atoms with van der Waals surface area (Å²) in [4.78, 5) is 14.2. The van der Waals surface area contributed by atoms with Gasteiger partial charge < -0.3 is 10.6 Å². The van der Waals surface area contributed by atoms with Crippen molar-refractivity contribution in [2.45, 2.75) is 44.7 Å². The van der Waals surface area contributed by atoms with Crippen LogP contribution in [0.4, 0.5) is 0 Å². The molecule has 0 bridgehead atoms. The van der Waals surface area contributed by atoms with E-state index in [4.69, 9.17) is 28.9 Å². The first-order valence-corrected chi connectivity index (χ1v) is 7.74. The Morgan fingerprint density at radius 3 is 2.85 bits per heavy atom. The van der Waals surface area contributed by atoms with E-state index in [1.54, 1.807) is 6.07 Å². The fourth-order valence-electron chi connectivity index (χ4n) is 2.63. The number of nitrogens with two attached hydrogens (primary N) is 1. The Balaban J connectivity index is 2.10. The number of nitrogens with zero attached hydrogens (tertiary/aromatic N) is 1. The molecule has 1 aliphatic rings. The van der Waals surface area contributed by atoms with Crippen molar-refractivity contribution in [2.24, 2.45) is 5.73 Å². The molecule has 110 valence electrons. The smallest absolute Gasteiger partial charge is 0.223 e. The van der Waals surface area contributed by atoms with E-state index in [1.165, 1.54) is 0 Å². The number of likely N-dealkylation sites (tertiary alicyclic amines) is 1. The van der Waals surface area contributed by atoms with Crippen LogP contribution in [0.2, 0.25) is 10.0 Å². The number of benzene rings is 1. The number of halogens is 2. The van der Waals surface area contributed by atoms with E-state index >= 15 is 0 Å². The quantitative estimate of drug-likeness (QED) is 0.919. The highest BCUT2D eigenvalue weighted by atomic mass is 35.5. The Labute approximate surface area is 130 Å². The number of carbonyl (C=O) groups excluding carboxylic acids is 1. The van der Waals surface area contributed by atoms with Crippen LogP contribution < -0.4 is 5.73 Å². The van der Waals surface area contributed by atoms with Gasteiger partial charge in [-0.1, -0.05) is 29.3 Å². The maximum Gasteiger partial charge on any atom is 0.223 e. The van der Waals surface area contributed by atoms with Gasteiger partial charge in [-0.3, -0.25) is 4.79 Å². The van der Waals surface area contributed by atoms with E-state index < -0.39 is 0 Å². The number of hydrogen-bond donors (Lipinski definition) is 1. The van der Waals surface area contributed by atoms with Crippen LogP contribution in [0.1, 0.15) is 44.2 Å². The Kier molecular flexibility index (Phi) is 5.30. The highest BCUT2D eigenvalue weighted by Crippen LogP contribution is 2.35. The minimum absolute atomic E-state index is 0.0602. The summed E-state index contributed by atoms with van der Waals surface area (Å²) in [5.41, 5.74) is 6.78. The molecule has 1 aromatic carbocycles. The lowest BCUT2D eigenvalue weighted by Crippen LogP contribution is -2.31. The van der Waals surface area contributed by atoms with Gasteiger partial charge in [-0.25, -0.2) is 0 Å². The van der Waals surface area contributed by atoms with Crippen molar-refractivity contribution < 1.29 is 4.79 Å². The summed E-state index contributed by atoms with van der Waals surface area (Å²) < 4.78 is 0. The van der Waals surface area contributed by atoms with E-state index in [-0.39, 0.29) is 18.0 Å². The third kappa shape index (κ3) is 3.66. The second-order valence-corrected chi connectivity index (χ2v) is 6.25. The fourth-order valence-corrected chi connectivity index (χ4v) is 2.93. The molecule has 2 unspecified atom stereocenters. The van der Waals surface area contributed by atoms with Crippen molar-refractivity contribution in [3.63, 3.8) is 0 Å². The van der Waals surface area contributed by atoms with Crippen LogP contribution in [-0.2, 0) is 4.79 Å². The van der Waals surface area contributed by atoms with Crippen LogP contribution in [-0.4, -0.2) is 23.4 Å². The summed E-state index contributed by atoms with van der Waals surface area (Å²) in [5, 5.41) is 1.09. The zero-order valence-electron chi connectivity index (χ0n) is 11.6. The van der Waals surface area contributed by atoms with E-state index in [1.807, 2.05) is 24.0 Å². The van der Waals surface area contributed by atoms with Crippen molar-refractivity contribution in [1.82, 2.24) is 4.90 Å². The minimum atomic E-state index is 0.0602. The van der Waals surface area contributed by atoms with Crippen molar-refractivity contribution in [3.8, 4) is 0 Å². The molecule has 1 aromatic rings. The standard InChI is InChI=1S/C15H20Cl2N2O/c1-10(18)4-7-15(20)19-8-2-3-14(19)11-5-6-12(16)13(17)9-11/h5-6,9-10,14H,2-4,7-8,18H2,1H3. The van der Waals surface area contributed by atoms with E-state index in [0.717, 1.165) is 31.4 Å². The Hall–Kier alpha value is -0.770. The van der Waals surface area contributed by atoms with Gasteiger partial charge in [0.1, 0.15) is 0 Å². The molecule has 2 rings (SSSR count). The molecule has 0 radical (unpaired) electrons. The number of amides is 1. The molecule has 1 aliphatic heterocycles. The van der Waals surface area contributed by atoms with Gasteiger partial charge in [0.25, 0.3) is 0 Å². The van der Waals surface area contributed by atoms with Crippen molar-refractivity contribution >= 4 is 29.1 Å². The maximum absolute atomic E-state index is 12.3. The first kappa shape index (κ1) is 15.6. The SMILES string of the molecule is CC(N)CCC(=O)N1CCCC1c1ccc(Cl)c(Cl)c1. The van der Waals surface area contributed by atoms with Gasteiger partial charge in [-0.2, -0.15) is 0 Å². The molecule has 1 fully saturated rings. The predicted octanol–water partition coefficient (Wildman–Crippen LogP) is 3.78. The normalized spacial score (nSPS) is 20.2. The Bertz CT molecular complexity index is 491. The zero-order valence-corrected chi connectivity index (χ0v) is 13.1. The van der Waals surface area contributed by atoms with Gasteiger partial charge in [0.2, 0.25) is 5.91 Å². The summed E-state index contributed by atoms with van der Waals surface area (Å²) in [6, 6.07) is 5.79. The maximum atomic E-state index is 12.3. The largest absolute Gasteiger partial charge is 0.336 e. The first-order chi connectivity index (χ1) is 9.49. The summed E-state index contributed by atoms with van der Waals surface area (Å²) in [6.45, 7) is 2.73. The summed E-state index contributed by atoms with van der Waals surface area (Å²) in [6.07, 6.45) is 3.23. The molecule has 0 aliphatic carbocycles. The van der Waals surface area contributed by atoms with Gasteiger partial charge in [-0.15, -0.1) is 0 Å². The first-order valence-electron chi connectivity index (χ1n) is 6.99. The van der Waals surface area contributed by atoms with Crippen LogP contribution in [0.15, 0.2) is 18.2 Å². The molecule has 0 saturated carbocycles. The molecule has 3 nitrogen and oxygen atoms in total. The number of rotatable bonds is 4. The highest BCUT2D eigenvalue weighted by Gasteiger charge is 2.29. The molecule has 20 heavy (non-hydrogen) atoms. The molecule has 2 atom stereocenters. The zero-order chi connectivity index (χ0) is 14.7. The third-order valence-corrected chi connectivity index (χ3v) is 4.45. The lowest BCUT2D eigenvalue weighted by Gasteiger charge is -2.25. The van der Waals surface area contributed by atoms with Gasteiger partial charge in [0, 0.05) is 19.0 Å². The molecular formula is C15H20Cl2N2O. The van der Waals surface area contributed by atoms with E-state index in [2.05, 4.69) is 0 Å². The molecule has 0 spiro atoms. The molecular weight excluding hydrogens is 295 g/mol. The summed E-state index contributed by atoms with van der Waals surface area (Å²) in [5.74, 6) is 0.177. The Morgan fingerprint density at radius 2 is 2.20 bits per heavy atom. The number of carbonyl (C=O) groups is 1. The van der Waals surface area contributed by atoms with Gasteiger partial charge in [0.05, 0.1) is 16.1 Å². The second kappa shape index (κ2) is 6.79. The van der Waals surface area contributed by atoms with Gasteiger partial charge >= 0.3 is 0 Å². The van der Waals surface area contributed by atoms with Crippen molar-refractivity contribution in [3.05, 3.63) is 33.8 Å². The second-order valence-electron chi connectivity index (χ2n) is 5.43. The fraction of sp³-hybridized carbons (Fsp3) is 0.533. The van der Waals surface area contributed by atoms with Crippen LogP contribution in [0.25, 0.3) is 0 Å². The van der Waals surface area contributed by atoms with Gasteiger partial charge in [-0.05, 0) is 43.9 Å².